The van der Waals surface area contributed by atoms with Crippen LogP contribution in [0.5, 0.6) is 5.75 Å². The highest BCUT2D eigenvalue weighted by Gasteiger charge is 2.16. The normalized spacial score (nSPS) is 10.5. The van der Waals surface area contributed by atoms with Crippen LogP contribution in [0, 0.1) is 6.92 Å². The van der Waals surface area contributed by atoms with Gasteiger partial charge in [0.2, 0.25) is 0 Å². The maximum atomic E-state index is 11.2. The first kappa shape index (κ1) is 13.1. The van der Waals surface area contributed by atoms with Crippen molar-refractivity contribution < 1.29 is 9.53 Å². The van der Waals surface area contributed by atoms with Crippen molar-refractivity contribution in [3.8, 4) is 17.0 Å². The summed E-state index contributed by atoms with van der Waals surface area (Å²) >= 11 is 0. The molecule has 2 rings (SSSR count). The predicted molar refractivity (Wildman–Crippen MR) is 74.4 cm³/mol. The number of hydrogen-bond acceptors (Lipinski definition) is 4. The number of benzene rings is 1. The molecule has 100 valence electrons. The van der Waals surface area contributed by atoms with Crippen molar-refractivity contribution in [2.75, 3.05) is 12.8 Å². The predicted octanol–water partition coefficient (Wildman–Crippen LogP) is 2.28. The first-order chi connectivity index (χ1) is 9.12. The van der Waals surface area contributed by atoms with Crippen LogP contribution in [0.4, 0.5) is 5.82 Å². The maximum absolute atomic E-state index is 11.2. The fourth-order valence-electron chi connectivity index (χ4n) is 2.09. The molecule has 0 saturated carbocycles. The molecule has 0 radical (unpaired) electrons. The molecule has 5 nitrogen and oxygen atoms in total. The molecule has 0 saturated heterocycles. The van der Waals surface area contributed by atoms with Crippen molar-refractivity contribution in [2.24, 2.45) is 0 Å². The summed E-state index contributed by atoms with van der Waals surface area (Å²) in [6, 6.07) is 5.68. The topological polar surface area (TPSA) is 70.1 Å². The van der Waals surface area contributed by atoms with Crippen LogP contribution in [-0.4, -0.2) is 23.2 Å². The monoisotopic (exact) mass is 259 g/mol. The SMILES string of the molecule is CCn1nc(-c2ccc(OC)c(C)c2)c(C=O)c1N. The van der Waals surface area contributed by atoms with E-state index in [-0.39, 0.29) is 0 Å². The van der Waals surface area contributed by atoms with Crippen molar-refractivity contribution in [3.63, 3.8) is 0 Å². The van der Waals surface area contributed by atoms with E-state index in [1.807, 2.05) is 32.0 Å². The summed E-state index contributed by atoms with van der Waals surface area (Å²) in [4.78, 5) is 11.2. The molecular formula is C14H17N3O2. The Hall–Kier alpha value is -2.30. The second-order valence-electron chi connectivity index (χ2n) is 4.27. The second kappa shape index (κ2) is 5.14. The smallest absolute Gasteiger partial charge is 0.156 e. The number of ether oxygens (including phenoxy) is 1. The number of nitrogen functional groups attached to an aromatic ring is 1. The minimum absolute atomic E-state index is 0.404. The lowest BCUT2D eigenvalue weighted by molar-refractivity contribution is 0.112. The number of carbonyl (C=O) groups is 1. The van der Waals surface area contributed by atoms with Crippen molar-refractivity contribution in [1.82, 2.24) is 9.78 Å². The number of carbonyl (C=O) groups excluding carboxylic acids is 1. The number of rotatable bonds is 4. The average molecular weight is 259 g/mol. The van der Waals surface area contributed by atoms with Crippen LogP contribution in [0.25, 0.3) is 11.3 Å². The van der Waals surface area contributed by atoms with E-state index in [0.717, 1.165) is 23.2 Å². The Bertz CT molecular complexity index is 617. The molecule has 0 fully saturated rings. The minimum Gasteiger partial charge on any atom is -0.496 e. The molecular weight excluding hydrogens is 242 g/mol. The van der Waals surface area contributed by atoms with E-state index in [9.17, 15) is 4.79 Å². The van der Waals surface area contributed by atoms with Gasteiger partial charge in [0, 0.05) is 12.1 Å². The lowest BCUT2D eigenvalue weighted by Gasteiger charge is -2.06. The third kappa shape index (κ3) is 2.19. The first-order valence-electron chi connectivity index (χ1n) is 6.08. The van der Waals surface area contributed by atoms with Gasteiger partial charge in [0.1, 0.15) is 17.3 Å². The van der Waals surface area contributed by atoms with Gasteiger partial charge in [-0.25, -0.2) is 4.68 Å². The van der Waals surface area contributed by atoms with Crippen LogP contribution in [0.15, 0.2) is 18.2 Å². The van der Waals surface area contributed by atoms with E-state index in [1.165, 1.54) is 0 Å². The summed E-state index contributed by atoms with van der Waals surface area (Å²) in [6.07, 6.45) is 0.753. The van der Waals surface area contributed by atoms with Crippen LogP contribution in [-0.2, 0) is 6.54 Å². The Kier molecular flexibility index (Phi) is 3.55. The molecule has 0 unspecified atom stereocenters. The number of aryl methyl sites for hydroxylation is 2. The molecule has 5 heteroatoms. The Labute approximate surface area is 112 Å². The zero-order chi connectivity index (χ0) is 14.0. The molecule has 0 aliphatic rings. The molecule has 0 bridgehead atoms. The Balaban J connectivity index is 2.58. The zero-order valence-corrected chi connectivity index (χ0v) is 11.3. The third-order valence-electron chi connectivity index (χ3n) is 3.12. The molecule has 1 heterocycles. The van der Waals surface area contributed by atoms with Crippen molar-refractivity contribution in [1.29, 1.82) is 0 Å². The van der Waals surface area contributed by atoms with Crippen molar-refractivity contribution in [3.05, 3.63) is 29.3 Å². The molecule has 1 aromatic carbocycles. The molecule has 0 aliphatic carbocycles. The van der Waals surface area contributed by atoms with Gasteiger partial charge < -0.3 is 10.5 Å². The van der Waals surface area contributed by atoms with Crippen LogP contribution in [0.1, 0.15) is 22.8 Å². The largest absolute Gasteiger partial charge is 0.496 e. The standard InChI is InChI=1S/C14H17N3O2/c1-4-17-14(15)11(8-18)13(16-17)10-5-6-12(19-3)9(2)7-10/h5-8H,4,15H2,1-3H3. The van der Waals surface area contributed by atoms with E-state index in [1.54, 1.807) is 11.8 Å². The molecule has 1 aromatic heterocycles. The van der Waals surface area contributed by atoms with Gasteiger partial charge in [0.25, 0.3) is 0 Å². The highest BCUT2D eigenvalue weighted by Crippen LogP contribution is 2.29. The first-order valence-corrected chi connectivity index (χ1v) is 6.08. The minimum atomic E-state index is 0.404. The summed E-state index contributed by atoms with van der Waals surface area (Å²) in [7, 11) is 1.63. The van der Waals surface area contributed by atoms with Gasteiger partial charge in [-0.05, 0) is 37.6 Å². The molecule has 0 atom stereocenters. The van der Waals surface area contributed by atoms with E-state index >= 15 is 0 Å². The van der Waals surface area contributed by atoms with E-state index in [2.05, 4.69) is 5.10 Å². The van der Waals surface area contributed by atoms with Crippen molar-refractivity contribution in [2.45, 2.75) is 20.4 Å². The maximum Gasteiger partial charge on any atom is 0.156 e. The summed E-state index contributed by atoms with van der Waals surface area (Å²) in [6.45, 7) is 4.51. The number of nitrogens with two attached hydrogens (primary N) is 1. The fraction of sp³-hybridized carbons (Fsp3) is 0.286. The summed E-state index contributed by atoms with van der Waals surface area (Å²) in [5.74, 6) is 1.21. The zero-order valence-electron chi connectivity index (χ0n) is 11.3. The molecule has 2 aromatic rings. The number of nitrogens with zero attached hydrogens (tertiary/aromatic N) is 2. The lowest BCUT2D eigenvalue weighted by atomic mass is 10.1. The van der Waals surface area contributed by atoms with Crippen LogP contribution >= 0.6 is 0 Å². The number of anilines is 1. The molecule has 0 aliphatic heterocycles. The van der Waals surface area contributed by atoms with Gasteiger partial charge >= 0.3 is 0 Å². The van der Waals surface area contributed by atoms with Gasteiger partial charge in [0.05, 0.1) is 12.7 Å². The summed E-state index contributed by atoms with van der Waals surface area (Å²) < 4.78 is 6.85. The van der Waals surface area contributed by atoms with Crippen LogP contribution in [0.2, 0.25) is 0 Å². The molecule has 2 N–H and O–H groups in total. The molecule has 0 amide bonds. The van der Waals surface area contributed by atoms with Gasteiger partial charge in [-0.15, -0.1) is 0 Å². The Morgan fingerprint density at radius 2 is 2.21 bits per heavy atom. The second-order valence-corrected chi connectivity index (χ2v) is 4.27. The van der Waals surface area contributed by atoms with E-state index in [0.29, 0.717) is 23.6 Å². The lowest BCUT2D eigenvalue weighted by Crippen LogP contribution is -2.02. The summed E-state index contributed by atoms with van der Waals surface area (Å²) in [5.41, 5.74) is 8.80. The number of aromatic nitrogens is 2. The van der Waals surface area contributed by atoms with E-state index in [4.69, 9.17) is 10.5 Å². The summed E-state index contributed by atoms with van der Waals surface area (Å²) in [5, 5.41) is 4.39. The van der Waals surface area contributed by atoms with Crippen LogP contribution < -0.4 is 10.5 Å². The Morgan fingerprint density at radius 3 is 2.74 bits per heavy atom. The van der Waals surface area contributed by atoms with Crippen LogP contribution in [0.3, 0.4) is 0 Å². The van der Waals surface area contributed by atoms with Gasteiger partial charge in [-0.2, -0.15) is 5.10 Å². The van der Waals surface area contributed by atoms with Gasteiger partial charge in [0.15, 0.2) is 6.29 Å². The fourth-order valence-corrected chi connectivity index (χ4v) is 2.09. The third-order valence-corrected chi connectivity index (χ3v) is 3.12. The number of aldehydes is 1. The highest BCUT2D eigenvalue weighted by molar-refractivity contribution is 5.91. The number of hydrogen-bond donors (Lipinski definition) is 1. The Morgan fingerprint density at radius 1 is 1.47 bits per heavy atom. The van der Waals surface area contributed by atoms with E-state index < -0.39 is 0 Å². The quantitative estimate of drug-likeness (QED) is 0.855. The highest BCUT2D eigenvalue weighted by atomic mass is 16.5. The van der Waals surface area contributed by atoms with Gasteiger partial charge in [-0.1, -0.05) is 0 Å². The average Bonchev–Trinajstić information content (AvgIpc) is 2.74. The van der Waals surface area contributed by atoms with Crippen molar-refractivity contribution >= 4 is 12.1 Å². The molecule has 0 spiro atoms. The molecule has 19 heavy (non-hydrogen) atoms. The number of methoxy groups -OCH3 is 1. The van der Waals surface area contributed by atoms with Gasteiger partial charge in [-0.3, -0.25) is 4.79 Å².